The molecule has 22 heavy (non-hydrogen) atoms. The molecule has 0 amide bonds. The van der Waals surface area contributed by atoms with Gasteiger partial charge < -0.3 is 14.7 Å². The molecule has 0 aliphatic rings. The van der Waals surface area contributed by atoms with Crippen molar-refractivity contribution in [3.63, 3.8) is 0 Å². The monoisotopic (exact) mass is 330 g/mol. The first-order valence-corrected chi connectivity index (χ1v) is 8.91. The maximum atomic E-state index is 12.8. The van der Waals surface area contributed by atoms with Crippen molar-refractivity contribution in [3.05, 3.63) is 30.3 Å². The maximum absolute atomic E-state index is 12.8. The second-order valence-corrected chi connectivity index (χ2v) is 6.69. The smallest absolute Gasteiger partial charge is 0.396 e. The summed E-state index contributed by atoms with van der Waals surface area (Å²) >= 11 is 0. The van der Waals surface area contributed by atoms with Crippen molar-refractivity contribution in [1.82, 2.24) is 0 Å². The third-order valence-corrected chi connectivity index (χ3v) is 4.79. The summed E-state index contributed by atoms with van der Waals surface area (Å²) in [7, 11) is -3.72. The highest BCUT2D eigenvalue weighted by molar-refractivity contribution is 7.62. The normalized spacial score (nSPS) is 13.5. The second kappa shape index (κ2) is 10.5. The van der Waals surface area contributed by atoms with Gasteiger partial charge in [-0.25, -0.2) is 4.57 Å². The molecule has 0 spiro atoms. The number of hydrogen-bond donors (Lipinski definition) is 2. The van der Waals surface area contributed by atoms with Gasteiger partial charge in [-0.1, -0.05) is 24.6 Å². The standard InChI is InChI=1S/C15H23O6P/c16-11-6-2-5-10-15(18)21-22(19,20-13-7-12-17)14-8-3-1-4-9-14/h1,3-4,8-9,16-17H,2,5-7,10-13H2. The summed E-state index contributed by atoms with van der Waals surface area (Å²) in [5.74, 6) is -0.589. The second-order valence-electron chi connectivity index (χ2n) is 4.74. The Labute approximate surface area is 130 Å². The number of rotatable bonds is 11. The minimum Gasteiger partial charge on any atom is -0.396 e. The van der Waals surface area contributed by atoms with Gasteiger partial charge in [0.05, 0.1) is 11.9 Å². The zero-order chi connectivity index (χ0) is 16.3. The van der Waals surface area contributed by atoms with Crippen LogP contribution in [0, 0.1) is 0 Å². The lowest BCUT2D eigenvalue weighted by atomic mass is 10.2. The number of aliphatic hydroxyl groups is 2. The lowest BCUT2D eigenvalue weighted by molar-refractivity contribution is -0.135. The van der Waals surface area contributed by atoms with E-state index in [9.17, 15) is 9.36 Å². The molecule has 124 valence electrons. The Balaban J connectivity index is 2.66. The van der Waals surface area contributed by atoms with Crippen LogP contribution < -0.4 is 5.30 Å². The summed E-state index contributed by atoms with van der Waals surface area (Å²) in [4.78, 5) is 11.8. The van der Waals surface area contributed by atoms with Gasteiger partial charge in [-0.15, -0.1) is 0 Å². The molecule has 1 aromatic carbocycles. The first-order valence-electron chi connectivity index (χ1n) is 7.36. The number of unbranched alkanes of at least 4 members (excludes halogenated alkanes) is 2. The lowest BCUT2D eigenvalue weighted by Crippen LogP contribution is -2.15. The van der Waals surface area contributed by atoms with Crippen molar-refractivity contribution in [2.45, 2.75) is 32.1 Å². The SMILES string of the molecule is O=C(CCCCCO)OP(=O)(OCCCO)c1ccccc1. The summed E-state index contributed by atoms with van der Waals surface area (Å²) < 4.78 is 23.2. The molecule has 0 radical (unpaired) electrons. The number of hydrogen-bond acceptors (Lipinski definition) is 6. The van der Waals surface area contributed by atoms with E-state index >= 15 is 0 Å². The first-order chi connectivity index (χ1) is 10.6. The van der Waals surface area contributed by atoms with Gasteiger partial charge in [0.1, 0.15) is 0 Å². The molecule has 1 unspecified atom stereocenters. The fourth-order valence-electron chi connectivity index (χ4n) is 1.75. The Morgan fingerprint density at radius 3 is 2.32 bits per heavy atom. The van der Waals surface area contributed by atoms with Crippen LogP contribution in [0.4, 0.5) is 0 Å². The van der Waals surface area contributed by atoms with Gasteiger partial charge in [-0.2, -0.15) is 0 Å². The van der Waals surface area contributed by atoms with Crippen molar-refractivity contribution in [1.29, 1.82) is 0 Å². The van der Waals surface area contributed by atoms with Gasteiger partial charge in [0.25, 0.3) is 0 Å². The highest BCUT2D eigenvalue weighted by Crippen LogP contribution is 2.47. The van der Waals surface area contributed by atoms with Crippen LogP contribution in [-0.4, -0.2) is 36.0 Å². The third-order valence-electron chi connectivity index (χ3n) is 2.90. The summed E-state index contributed by atoms with van der Waals surface area (Å²) in [5.41, 5.74) is 0. The predicted octanol–water partition coefficient (Wildman–Crippen LogP) is 2.00. The molecule has 2 N–H and O–H groups in total. The van der Waals surface area contributed by atoms with Crippen LogP contribution in [0.1, 0.15) is 32.1 Å². The number of carbonyl (C=O) groups excluding carboxylic acids is 1. The molecule has 0 saturated heterocycles. The fourth-order valence-corrected chi connectivity index (χ4v) is 3.32. The van der Waals surface area contributed by atoms with Crippen LogP contribution in [0.5, 0.6) is 0 Å². The average molecular weight is 330 g/mol. The van der Waals surface area contributed by atoms with E-state index in [0.29, 0.717) is 31.0 Å². The zero-order valence-electron chi connectivity index (χ0n) is 12.5. The molecule has 0 heterocycles. The Morgan fingerprint density at radius 1 is 1.00 bits per heavy atom. The molecule has 0 aromatic heterocycles. The number of aliphatic hydroxyl groups excluding tert-OH is 2. The van der Waals surface area contributed by atoms with Crippen LogP contribution in [0.15, 0.2) is 30.3 Å². The topological polar surface area (TPSA) is 93.1 Å². The molecule has 0 aliphatic carbocycles. The highest BCUT2D eigenvalue weighted by Gasteiger charge is 2.31. The zero-order valence-corrected chi connectivity index (χ0v) is 13.4. The van der Waals surface area contributed by atoms with Gasteiger partial charge in [0, 0.05) is 19.6 Å². The summed E-state index contributed by atoms with van der Waals surface area (Å²) in [6.07, 6.45) is 2.32. The Bertz CT molecular complexity index is 476. The molecule has 6 nitrogen and oxygen atoms in total. The van der Waals surface area contributed by atoms with Gasteiger partial charge in [0.15, 0.2) is 0 Å². The van der Waals surface area contributed by atoms with E-state index in [4.69, 9.17) is 19.3 Å². The quantitative estimate of drug-likeness (QED) is 0.476. The van der Waals surface area contributed by atoms with Crippen molar-refractivity contribution in [2.75, 3.05) is 19.8 Å². The van der Waals surface area contributed by atoms with Crippen LogP contribution in [-0.2, 0) is 18.4 Å². The Hall–Kier alpha value is -1.20. The predicted molar refractivity (Wildman–Crippen MR) is 83.0 cm³/mol. The molecular formula is C15H23O6P. The van der Waals surface area contributed by atoms with Crippen LogP contribution >= 0.6 is 7.60 Å². The molecule has 0 saturated carbocycles. The molecule has 0 aliphatic heterocycles. The van der Waals surface area contributed by atoms with E-state index in [-0.39, 0.29) is 26.2 Å². The summed E-state index contributed by atoms with van der Waals surface area (Å²) in [5, 5.41) is 17.8. The fraction of sp³-hybridized carbons (Fsp3) is 0.533. The first kappa shape index (κ1) is 18.8. The summed E-state index contributed by atoms with van der Waals surface area (Å²) in [6.45, 7) is 0.0339. The minimum absolute atomic E-state index is 0.0421. The van der Waals surface area contributed by atoms with Crippen molar-refractivity contribution >= 4 is 18.9 Å². The van der Waals surface area contributed by atoms with Crippen molar-refractivity contribution in [3.8, 4) is 0 Å². The average Bonchev–Trinajstić information content (AvgIpc) is 2.53. The Kier molecular flexibility index (Phi) is 9.01. The van der Waals surface area contributed by atoms with Crippen molar-refractivity contribution in [2.24, 2.45) is 0 Å². The van der Waals surface area contributed by atoms with E-state index in [1.165, 1.54) is 0 Å². The number of carbonyl (C=O) groups is 1. The molecule has 0 bridgehead atoms. The molecule has 1 rings (SSSR count). The van der Waals surface area contributed by atoms with E-state index in [1.54, 1.807) is 30.3 Å². The molecular weight excluding hydrogens is 307 g/mol. The minimum atomic E-state index is -3.72. The molecule has 0 fully saturated rings. The molecule has 1 atom stereocenters. The largest absolute Gasteiger partial charge is 0.412 e. The van der Waals surface area contributed by atoms with Crippen molar-refractivity contribution < 1.29 is 28.6 Å². The lowest BCUT2D eigenvalue weighted by Gasteiger charge is -2.18. The maximum Gasteiger partial charge on any atom is 0.412 e. The van der Waals surface area contributed by atoms with E-state index in [2.05, 4.69) is 0 Å². The van der Waals surface area contributed by atoms with E-state index in [1.807, 2.05) is 0 Å². The molecule has 1 aromatic rings. The van der Waals surface area contributed by atoms with Gasteiger partial charge in [0.2, 0.25) is 0 Å². The number of benzene rings is 1. The van der Waals surface area contributed by atoms with Crippen LogP contribution in [0.25, 0.3) is 0 Å². The Morgan fingerprint density at radius 2 is 1.68 bits per heavy atom. The molecule has 7 heteroatoms. The van der Waals surface area contributed by atoms with Gasteiger partial charge >= 0.3 is 13.6 Å². The van der Waals surface area contributed by atoms with Gasteiger partial charge in [-0.3, -0.25) is 9.32 Å². The third kappa shape index (κ3) is 6.71. The van der Waals surface area contributed by atoms with Crippen LogP contribution in [0.2, 0.25) is 0 Å². The van der Waals surface area contributed by atoms with Crippen LogP contribution in [0.3, 0.4) is 0 Å². The van der Waals surface area contributed by atoms with E-state index in [0.717, 1.165) is 0 Å². The van der Waals surface area contributed by atoms with Gasteiger partial charge in [-0.05, 0) is 31.4 Å². The van der Waals surface area contributed by atoms with E-state index < -0.39 is 13.6 Å². The summed E-state index contributed by atoms with van der Waals surface area (Å²) in [6, 6.07) is 8.30. The highest BCUT2D eigenvalue weighted by atomic mass is 31.2.